The van der Waals surface area contributed by atoms with E-state index < -0.39 is 0 Å². The van der Waals surface area contributed by atoms with Gasteiger partial charge in [-0.3, -0.25) is 9.36 Å². The summed E-state index contributed by atoms with van der Waals surface area (Å²) in [4.78, 5) is 22.1. The molecule has 0 radical (unpaired) electrons. The molecule has 4 aromatic rings. The molecule has 0 aliphatic carbocycles. The number of hydrogen-bond acceptors (Lipinski definition) is 6. The second-order valence-electron chi connectivity index (χ2n) is 8.07. The summed E-state index contributed by atoms with van der Waals surface area (Å²) in [6.45, 7) is 4.13. The van der Waals surface area contributed by atoms with Crippen LogP contribution < -0.4 is 15.8 Å². The van der Waals surface area contributed by atoms with E-state index in [1.54, 1.807) is 40.0 Å². The van der Waals surface area contributed by atoms with Crippen LogP contribution in [-0.2, 0) is 0 Å². The lowest BCUT2D eigenvalue weighted by Gasteiger charge is -2.34. The van der Waals surface area contributed by atoms with Gasteiger partial charge in [0, 0.05) is 54.5 Å². The summed E-state index contributed by atoms with van der Waals surface area (Å²) in [6, 6.07) is 17.1. The minimum absolute atomic E-state index is 0.177. The average molecular weight is 462 g/mol. The smallest absolute Gasteiger partial charge is 0.278 e. The van der Waals surface area contributed by atoms with Crippen molar-refractivity contribution in [1.29, 1.82) is 0 Å². The molecule has 0 saturated carbocycles. The molecule has 0 spiro atoms. The predicted octanol–water partition coefficient (Wildman–Crippen LogP) is 3.57. The first kappa shape index (κ1) is 21.2. The molecule has 1 fully saturated rings. The minimum atomic E-state index is -0.177. The summed E-state index contributed by atoms with van der Waals surface area (Å²) in [5, 5.41) is 8.11. The van der Waals surface area contributed by atoms with Gasteiger partial charge in [-0.15, -0.1) is 0 Å². The molecule has 1 saturated heterocycles. The van der Waals surface area contributed by atoms with Crippen molar-refractivity contribution in [3.05, 3.63) is 88.8 Å². The van der Waals surface area contributed by atoms with Crippen LogP contribution in [0.5, 0.6) is 0 Å². The number of piperazine rings is 1. The molecule has 2 aromatic heterocycles. The SMILES string of the molecule is CN1CCN(c2ccc(Nc3cc(-n4cncn4)cn(-c4ccc(Cl)cc4)c3=O)cc2)CC1. The van der Waals surface area contributed by atoms with E-state index in [2.05, 4.69) is 44.4 Å². The Morgan fingerprint density at radius 3 is 2.27 bits per heavy atom. The molecule has 0 amide bonds. The van der Waals surface area contributed by atoms with Crippen molar-refractivity contribution in [2.75, 3.05) is 43.4 Å². The Kier molecular flexibility index (Phi) is 5.85. The molecule has 0 atom stereocenters. The second kappa shape index (κ2) is 9.09. The number of rotatable bonds is 5. The van der Waals surface area contributed by atoms with Gasteiger partial charge >= 0.3 is 0 Å². The van der Waals surface area contributed by atoms with Crippen molar-refractivity contribution in [2.24, 2.45) is 0 Å². The number of pyridine rings is 1. The maximum absolute atomic E-state index is 13.3. The Hall–Kier alpha value is -3.62. The van der Waals surface area contributed by atoms with Crippen molar-refractivity contribution in [1.82, 2.24) is 24.2 Å². The van der Waals surface area contributed by atoms with Crippen molar-refractivity contribution < 1.29 is 0 Å². The highest BCUT2D eigenvalue weighted by Gasteiger charge is 2.15. The van der Waals surface area contributed by atoms with E-state index in [0.29, 0.717) is 22.1 Å². The molecule has 1 N–H and O–H groups in total. The first-order chi connectivity index (χ1) is 16.1. The zero-order chi connectivity index (χ0) is 22.8. The molecule has 0 bridgehead atoms. The van der Waals surface area contributed by atoms with Crippen LogP contribution in [0.3, 0.4) is 0 Å². The first-order valence-electron chi connectivity index (χ1n) is 10.7. The Labute approximate surface area is 196 Å². The van der Waals surface area contributed by atoms with Crippen LogP contribution in [0.2, 0.25) is 5.02 Å². The Morgan fingerprint density at radius 1 is 0.909 bits per heavy atom. The van der Waals surface area contributed by atoms with E-state index in [1.165, 1.54) is 12.0 Å². The number of hydrogen-bond donors (Lipinski definition) is 1. The fourth-order valence-corrected chi connectivity index (χ4v) is 4.02. The van der Waals surface area contributed by atoms with Crippen LogP contribution in [0.1, 0.15) is 0 Å². The summed E-state index contributed by atoms with van der Waals surface area (Å²) in [5.41, 5.74) is 3.69. The number of nitrogens with zero attached hydrogens (tertiary/aromatic N) is 6. The van der Waals surface area contributed by atoms with Crippen LogP contribution >= 0.6 is 11.6 Å². The quantitative estimate of drug-likeness (QED) is 0.490. The first-order valence-corrected chi connectivity index (χ1v) is 11.1. The van der Waals surface area contributed by atoms with Gasteiger partial charge in [-0.2, -0.15) is 5.10 Å². The van der Waals surface area contributed by atoms with Gasteiger partial charge in [0.15, 0.2) is 0 Å². The third-order valence-corrected chi connectivity index (χ3v) is 6.06. The second-order valence-corrected chi connectivity index (χ2v) is 8.50. The van der Waals surface area contributed by atoms with Crippen LogP contribution in [0.4, 0.5) is 17.1 Å². The molecule has 0 unspecified atom stereocenters. The van der Waals surface area contributed by atoms with Gasteiger partial charge in [0.25, 0.3) is 5.56 Å². The highest BCUT2D eigenvalue weighted by atomic mass is 35.5. The maximum Gasteiger partial charge on any atom is 0.278 e. The number of benzene rings is 2. The molecule has 5 rings (SSSR count). The summed E-state index contributed by atoms with van der Waals surface area (Å²) < 4.78 is 3.20. The maximum atomic E-state index is 13.3. The molecule has 1 aliphatic heterocycles. The lowest BCUT2D eigenvalue weighted by Crippen LogP contribution is -2.44. The number of halogens is 1. The highest BCUT2D eigenvalue weighted by molar-refractivity contribution is 6.30. The molecule has 9 heteroatoms. The van der Waals surface area contributed by atoms with E-state index in [9.17, 15) is 4.79 Å². The van der Waals surface area contributed by atoms with Crippen molar-refractivity contribution >= 4 is 28.7 Å². The number of nitrogens with one attached hydrogen (secondary N) is 1. The Morgan fingerprint density at radius 2 is 1.61 bits per heavy atom. The largest absolute Gasteiger partial charge is 0.369 e. The van der Waals surface area contributed by atoms with Crippen LogP contribution in [0.15, 0.2) is 78.2 Å². The Balaban J connectivity index is 1.47. The highest BCUT2D eigenvalue weighted by Crippen LogP contribution is 2.23. The number of aromatic nitrogens is 4. The van der Waals surface area contributed by atoms with Gasteiger partial charge in [-0.1, -0.05) is 11.6 Å². The predicted molar refractivity (Wildman–Crippen MR) is 131 cm³/mol. The van der Waals surface area contributed by atoms with E-state index >= 15 is 0 Å². The van der Waals surface area contributed by atoms with Gasteiger partial charge in [-0.25, -0.2) is 9.67 Å². The van der Waals surface area contributed by atoms with E-state index in [1.807, 2.05) is 24.3 Å². The molecule has 3 heterocycles. The topological polar surface area (TPSA) is 71.2 Å². The molecule has 2 aromatic carbocycles. The fraction of sp³-hybridized carbons (Fsp3) is 0.208. The van der Waals surface area contributed by atoms with Gasteiger partial charge in [0.05, 0.1) is 5.69 Å². The fourth-order valence-electron chi connectivity index (χ4n) is 3.89. The third-order valence-electron chi connectivity index (χ3n) is 5.81. The molecule has 1 aliphatic rings. The zero-order valence-corrected chi connectivity index (χ0v) is 19.0. The number of likely N-dealkylation sites (N-methyl/N-ethyl adjacent to an activating group) is 1. The molecule has 168 valence electrons. The molecule has 8 nitrogen and oxygen atoms in total. The van der Waals surface area contributed by atoms with Gasteiger partial charge in [0.2, 0.25) is 0 Å². The van der Waals surface area contributed by atoms with Crippen molar-refractivity contribution in [3.8, 4) is 11.4 Å². The normalized spacial score (nSPS) is 14.4. The van der Waals surface area contributed by atoms with E-state index in [0.717, 1.165) is 31.9 Å². The molecular weight excluding hydrogens is 438 g/mol. The van der Waals surface area contributed by atoms with Crippen LogP contribution in [-0.4, -0.2) is 57.5 Å². The van der Waals surface area contributed by atoms with Gasteiger partial charge in [0.1, 0.15) is 18.3 Å². The standard InChI is InChI=1S/C24H24ClN7O/c1-29-10-12-30(13-11-29)20-8-4-19(5-9-20)28-23-14-22(32-17-26-16-27-32)15-31(24(23)33)21-6-2-18(25)3-7-21/h2-9,14-17,28H,10-13H2,1H3. The Bertz CT molecular complexity index is 1280. The molecule has 33 heavy (non-hydrogen) atoms. The number of anilines is 3. The zero-order valence-electron chi connectivity index (χ0n) is 18.2. The molecular formula is C24H24ClN7O. The summed E-state index contributed by atoms with van der Waals surface area (Å²) in [5.74, 6) is 0. The van der Waals surface area contributed by atoms with E-state index in [4.69, 9.17) is 11.6 Å². The van der Waals surface area contributed by atoms with Crippen LogP contribution in [0.25, 0.3) is 11.4 Å². The van der Waals surface area contributed by atoms with Crippen molar-refractivity contribution in [2.45, 2.75) is 0 Å². The monoisotopic (exact) mass is 461 g/mol. The average Bonchev–Trinajstić information content (AvgIpc) is 3.37. The van der Waals surface area contributed by atoms with E-state index in [-0.39, 0.29) is 5.56 Å². The lowest BCUT2D eigenvalue weighted by molar-refractivity contribution is 0.313. The minimum Gasteiger partial charge on any atom is -0.369 e. The van der Waals surface area contributed by atoms with Gasteiger partial charge < -0.3 is 15.1 Å². The third kappa shape index (κ3) is 4.62. The van der Waals surface area contributed by atoms with Crippen LogP contribution in [0, 0.1) is 0 Å². The summed E-state index contributed by atoms with van der Waals surface area (Å²) >= 11 is 6.04. The summed E-state index contributed by atoms with van der Waals surface area (Å²) in [6.07, 6.45) is 4.80. The lowest BCUT2D eigenvalue weighted by atomic mass is 10.2. The van der Waals surface area contributed by atoms with Gasteiger partial charge in [-0.05, 0) is 61.6 Å². The van der Waals surface area contributed by atoms with Crippen molar-refractivity contribution in [3.63, 3.8) is 0 Å². The summed E-state index contributed by atoms with van der Waals surface area (Å²) in [7, 11) is 2.15.